The van der Waals surface area contributed by atoms with E-state index in [1.807, 2.05) is 31.2 Å². The quantitative estimate of drug-likeness (QED) is 0.789. The van der Waals surface area contributed by atoms with Crippen LogP contribution in [0.1, 0.15) is 15.9 Å². The van der Waals surface area contributed by atoms with E-state index >= 15 is 0 Å². The van der Waals surface area contributed by atoms with Gasteiger partial charge in [-0.3, -0.25) is 14.4 Å². The Kier molecular flexibility index (Phi) is 6.57. The number of aryl methyl sites for hydroxylation is 1. The first-order valence-corrected chi connectivity index (χ1v) is 8.23. The van der Waals surface area contributed by atoms with E-state index in [4.69, 9.17) is 0 Å². The molecule has 0 atom stereocenters. The summed E-state index contributed by atoms with van der Waals surface area (Å²) in [6, 6.07) is 16.2. The van der Waals surface area contributed by atoms with E-state index in [0.717, 1.165) is 22.2 Å². The van der Waals surface area contributed by atoms with Gasteiger partial charge in [0.25, 0.3) is 5.91 Å². The number of carbonyl (C=O) groups is 3. The second kappa shape index (κ2) is 8.88. The first kappa shape index (κ1) is 17.7. The lowest BCUT2D eigenvalue weighted by atomic mass is 10.2. The van der Waals surface area contributed by atoms with E-state index in [1.165, 1.54) is 0 Å². The van der Waals surface area contributed by atoms with Crippen LogP contribution in [0.5, 0.6) is 0 Å². The summed E-state index contributed by atoms with van der Waals surface area (Å²) >= 11 is 1.07. The molecule has 0 aliphatic rings. The maximum absolute atomic E-state index is 11.8. The molecule has 0 unspecified atom stereocenters. The maximum atomic E-state index is 11.8. The van der Waals surface area contributed by atoms with Crippen LogP contribution in [0.15, 0.2) is 59.5 Å². The molecule has 0 aliphatic carbocycles. The Morgan fingerprint density at radius 3 is 2.21 bits per heavy atom. The number of nitrogens with one attached hydrogen (secondary N) is 2. The predicted molar refractivity (Wildman–Crippen MR) is 93.8 cm³/mol. The van der Waals surface area contributed by atoms with Crippen molar-refractivity contribution in [1.82, 2.24) is 10.6 Å². The molecule has 0 aliphatic heterocycles. The van der Waals surface area contributed by atoms with Crippen molar-refractivity contribution < 1.29 is 14.4 Å². The topological polar surface area (TPSA) is 75.3 Å². The van der Waals surface area contributed by atoms with Gasteiger partial charge in [0.2, 0.25) is 11.0 Å². The molecule has 0 heterocycles. The highest BCUT2D eigenvalue weighted by atomic mass is 32.2. The van der Waals surface area contributed by atoms with Crippen LogP contribution in [0.25, 0.3) is 0 Å². The van der Waals surface area contributed by atoms with E-state index in [0.29, 0.717) is 5.56 Å². The highest BCUT2D eigenvalue weighted by Gasteiger charge is 2.10. The monoisotopic (exact) mass is 342 g/mol. The zero-order chi connectivity index (χ0) is 17.4. The average Bonchev–Trinajstić information content (AvgIpc) is 2.60. The highest BCUT2D eigenvalue weighted by molar-refractivity contribution is 8.13. The van der Waals surface area contributed by atoms with Gasteiger partial charge in [0.1, 0.15) is 0 Å². The van der Waals surface area contributed by atoms with Crippen LogP contribution in [-0.4, -0.2) is 30.0 Å². The van der Waals surface area contributed by atoms with Crippen LogP contribution in [0.4, 0.5) is 0 Å². The van der Waals surface area contributed by atoms with Crippen molar-refractivity contribution in [3.05, 3.63) is 65.7 Å². The van der Waals surface area contributed by atoms with E-state index < -0.39 is 5.91 Å². The molecule has 0 radical (unpaired) electrons. The molecule has 0 aromatic heterocycles. The molecule has 6 heteroatoms. The predicted octanol–water partition coefficient (Wildman–Crippen LogP) is 2.16. The SMILES string of the molecule is Cc1ccc(SC(=O)CNC(=O)CNC(=O)c2ccccc2)cc1. The summed E-state index contributed by atoms with van der Waals surface area (Å²) in [4.78, 5) is 36.1. The summed E-state index contributed by atoms with van der Waals surface area (Å²) in [7, 11) is 0. The van der Waals surface area contributed by atoms with Crippen LogP contribution in [0, 0.1) is 6.92 Å². The molecular formula is C18H18N2O3S. The van der Waals surface area contributed by atoms with Gasteiger partial charge < -0.3 is 10.6 Å². The molecule has 0 saturated heterocycles. The Morgan fingerprint density at radius 2 is 1.54 bits per heavy atom. The summed E-state index contributed by atoms with van der Waals surface area (Å²) in [6.07, 6.45) is 0. The number of thioether (sulfide) groups is 1. The zero-order valence-corrected chi connectivity index (χ0v) is 14.1. The Morgan fingerprint density at radius 1 is 0.875 bits per heavy atom. The van der Waals surface area contributed by atoms with Crippen LogP contribution >= 0.6 is 11.8 Å². The third kappa shape index (κ3) is 5.89. The number of hydrogen-bond donors (Lipinski definition) is 2. The molecule has 0 saturated carbocycles. The van der Waals surface area contributed by atoms with Crippen molar-refractivity contribution in [2.24, 2.45) is 0 Å². The number of rotatable bonds is 6. The van der Waals surface area contributed by atoms with Gasteiger partial charge in [-0.05, 0) is 31.2 Å². The largest absolute Gasteiger partial charge is 0.347 e. The Balaban J connectivity index is 1.70. The van der Waals surface area contributed by atoms with E-state index in [1.54, 1.807) is 30.3 Å². The fourth-order valence-corrected chi connectivity index (χ4v) is 2.54. The average molecular weight is 342 g/mol. The number of amides is 2. The molecule has 124 valence electrons. The van der Waals surface area contributed by atoms with Crippen LogP contribution in [-0.2, 0) is 9.59 Å². The molecule has 24 heavy (non-hydrogen) atoms. The summed E-state index contributed by atoms with van der Waals surface area (Å²) in [5.74, 6) is -0.733. The van der Waals surface area contributed by atoms with Crippen molar-refractivity contribution in [1.29, 1.82) is 0 Å². The summed E-state index contributed by atoms with van der Waals surface area (Å²) in [5.41, 5.74) is 1.60. The lowest BCUT2D eigenvalue weighted by Gasteiger charge is -2.06. The van der Waals surface area contributed by atoms with Crippen LogP contribution < -0.4 is 10.6 Å². The van der Waals surface area contributed by atoms with Gasteiger partial charge in [-0.2, -0.15) is 0 Å². The lowest BCUT2D eigenvalue weighted by Crippen LogP contribution is -2.38. The number of hydrogen-bond acceptors (Lipinski definition) is 4. The van der Waals surface area contributed by atoms with Crippen molar-refractivity contribution in [3.63, 3.8) is 0 Å². The molecule has 2 N–H and O–H groups in total. The normalized spacial score (nSPS) is 10.0. The van der Waals surface area contributed by atoms with E-state index in [9.17, 15) is 14.4 Å². The molecule has 2 rings (SSSR count). The third-order valence-corrected chi connectivity index (χ3v) is 4.01. The number of benzene rings is 2. The van der Waals surface area contributed by atoms with Crippen molar-refractivity contribution >= 4 is 28.7 Å². The second-order valence-corrected chi connectivity index (χ2v) is 6.24. The minimum absolute atomic E-state index is 0.0847. The first-order valence-electron chi connectivity index (χ1n) is 7.42. The fraction of sp³-hybridized carbons (Fsp3) is 0.167. The molecule has 0 spiro atoms. The van der Waals surface area contributed by atoms with Gasteiger partial charge in [-0.25, -0.2) is 0 Å². The number of carbonyl (C=O) groups excluding carboxylic acids is 3. The van der Waals surface area contributed by atoms with Gasteiger partial charge in [0, 0.05) is 10.5 Å². The highest BCUT2D eigenvalue weighted by Crippen LogP contribution is 2.18. The van der Waals surface area contributed by atoms with Gasteiger partial charge >= 0.3 is 0 Å². The van der Waals surface area contributed by atoms with Gasteiger partial charge in [-0.15, -0.1) is 0 Å². The lowest BCUT2D eigenvalue weighted by molar-refractivity contribution is -0.122. The Hall–Kier alpha value is -2.60. The summed E-state index contributed by atoms with van der Waals surface area (Å²) in [5, 5.41) is 4.84. The minimum atomic E-state index is -0.405. The van der Waals surface area contributed by atoms with Gasteiger partial charge in [0.05, 0.1) is 13.1 Å². The molecule has 0 bridgehead atoms. The van der Waals surface area contributed by atoms with E-state index in [2.05, 4.69) is 10.6 Å². The summed E-state index contributed by atoms with van der Waals surface area (Å²) in [6.45, 7) is 1.72. The molecule has 5 nitrogen and oxygen atoms in total. The zero-order valence-electron chi connectivity index (χ0n) is 13.2. The molecule has 2 aromatic rings. The first-order chi connectivity index (χ1) is 11.5. The minimum Gasteiger partial charge on any atom is -0.347 e. The van der Waals surface area contributed by atoms with Crippen molar-refractivity contribution in [2.75, 3.05) is 13.1 Å². The fourth-order valence-electron chi connectivity index (χ4n) is 1.86. The molecule has 2 aromatic carbocycles. The molecule has 0 fully saturated rings. The summed E-state index contributed by atoms with van der Waals surface area (Å²) < 4.78 is 0. The van der Waals surface area contributed by atoms with Crippen LogP contribution in [0.3, 0.4) is 0 Å². The Bertz CT molecular complexity index is 715. The van der Waals surface area contributed by atoms with Crippen molar-refractivity contribution in [3.8, 4) is 0 Å². The maximum Gasteiger partial charge on any atom is 0.251 e. The smallest absolute Gasteiger partial charge is 0.251 e. The van der Waals surface area contributed by atoms with Gasteiger partial charge in [0.15, 0.2) is 0 Å². The van der Waals surface area contributed by atoms with Crippen molar-refractivity contribution in [2.45, 2.75) is 11.8 Å². The molecular weight excluding hydrogens is 324 g/mol. The standard InChI is InChI=1S/C18H18N2O3S/c1-13-7-9-15(10-8-13)24-17(22)12-19-16(21)11-20-18(23)14-5-3-2-4-6-14/h2-10H,11-12H2,1H3,(H,19,21)(H,20,23). The van der Waals surface area contributed by atoms with Gasteiger partial charge in [-0.1, -0.05) is 47.7 Å². The third-order valence-electron chi connectivity index (χ3n) is 3.13. The molecule has 2 amide bonds. The Labute approximate surface area is 144 Å². The van der Waals surface area contributed by atoms with E-state index in [-0.39, 0.29) is 24.1 Å². The second-order valence-electron chi connectivity index (χ2n) is 5.11. The van der Waals surface area contributed by atoms with Crippen LogP contribution in [0.2, 0.25) is 0 Å².